The second-order valence-corrected chi connectivity index (χ2v) is 6.46. The van der Waals surface area contributed by atoms with Crippen LogP contribution in [0.15, 0.2) is 29.1 Å². The number of nitrogens with one attached hydrogen (secondary N) is 2. The molecule has 3 rings (SSSR count). The fourth-order valence-corrected chi connectivity index (χ4v) is 2.77. The first-order valence-corrected chi connectivity index (χ1v) is 8.47. The molecule has 1 aromatic heterocycles. The van der Waals surface area contributed by atoms with Crippen LogP contribution >= 0.6 is 0 Å². The van der Waals surface area contributed by atoms with Gasteiger partial charge in [-0.05, 0) is 37.0 Å². The van der Waals surface area contributed by atoms with Crippen molar-refractivity contribution < 1.29 is 22.4 Å². The molecule has 1 atom stereocenters. The van der Waals surface area contributed by atoms with E-state index in [-0.39, 0.29) is 17.2 Å². The number of aromatic amines is 1. The molecule has 27 heavy (non-hydrogen) atoms. The van der Waals surface area contributed by atoms with E-state index in [2.05, 4.69) is 15.3 Å². The maximum atomic E-state index is 13.8. The first kappa shape index (κ1) is 19.1. The maximum Gasteiger partial charge on any atom is 0.419 e. The molecule has 0 spiro atoms. The lowest BCUT2D eigenvalue weighted by Gasteiger charge is -2.18. The number of halogens is 4. The van der Waals surface area contributed by atoms with E-state index in [1.165, 1.54) is 0 Å². The molecule has 9 heteroatoms. The SMILES string of the molecule is CC[C@@H](NC(=O)c1cc(=O)[nH]c(C2CC2)n1)c1ccc(C(F)(F)F)c(F)c1. The van der Waals surface area contributed by atoms with Crippen molar-refractivity contribution in [2.45, 2.75) is 44.3 Å². The van der Waals surface area contributed by atoms with Gasteiger partial charge in [-0.2, -0.15) is 13.2 Å². The third-order valence-electron chi connectivity index (χ3n) is 4.37. The van der Waals surface area contributed by atoms with E-state index in [4.69, 9.17) is 0 Å². The highest BCUT2D eigenvalue weighted by Gasteiger charge is 2.34. The Kier molecular flexibility index (Phi) is 5.03. The smallest absolute Gasteiger partial charge is 0.344 e. The Morgan fingerprint density at radius 3 is 2.59 bits per heavy atom. The number of hydrogen-bond acceptors (Lipinski definition) is 3. The van der Waals surface area contributed by atoms with Crippen molar-refractivity contribution in [3.63, 3.8) is 0 Å². The summed E-state index contributed by atoms with van der Waals surface area (Å²) in [7, 11) is 0. The molecule has 0 aliphatic heterocycles. The molecule has 1 amide bonds. The molecule has 2 aromatic rings. The zero-order valence-corrected chi connectivity index (χ0v) is 14.4. The van der Waals surface area contributed by atoms with Crippen LogP contribution in [0.2, 0.25) is 0 Å². The number of benzene rings is 1. The summed E-state index contributed by atoms with van der Waals surface area (Å²) in [5.41, 5.74) is -1.70. The fraction of sp³-hybridized carbons (Fsp3) is 0.389. The van der Waals surface area contributed by atoms with Crippen molar-refractivity contribution in [2.75, 3.05) is 0 Å². The van der Waals surface area contributed by atoms with Crippen molar-refractivity contribution in [3.8, 4) is 0 Å². The Hall–Kier alpha value is -2.71. The minimum absolute atomic E-state index is 0.0773. The molecule has 1 aromatic carbocycles. The molecule has 0 unspecified atom stereocenters. The third-order valence-corrected chi connectivity index (χ3v) is 4.37. The number of hydrogen-bond donors (Lipinski definition) is 2. The van der Waals surface area contributed by atoms with E-state index in [1.54, 1.807) is 6.92 Å². The minimum atomic E-state index is -4.79. The molecule has 0 bridgehead atoms. The van der Waals surface area contributed by atoms with Gasteiger partial charge in [0, 0.05) is 12.0 Å². The number of nitrogens with zero attached hydrogens (tertiary/aromatic N) is 1. The fourth-order valence-electron chi connectivity index (χ4n) is 2.77. The number of H-pyrrole nitrogens is 1. The Bertz CT molecular complexity index is 920. The van der Waals surface area contributed by atoms with Crippen LogP contribution in [0.1, 0.15) is 65.6 Å². The number of carbonyl (C=O) groups is 1. The molecule has 1 fully saturated rings. The van der Waals surface area contributed by atoms with E-state index in [0.717, 1.165) is 31.0 Å². The Labute approximate surface area is 151 Å². The quantitative estimate of drug-likeness (QED) is 0.774. The monoisotopic (exact) mass is 383 g/mol. The molecule has 5 nitrogen and oxygen atoms in total. The zero-order valence-electron chi connectivity index (χ0n) is 14.4. The molecule has 0 saturated heterocycles. The summed E-state index contributed by atoms with van der Waals surface area (Å²) in [4.78, 5) is 30.9. The van der Waals surface area contributed by atoms with Gasteiger partial charge >= 0.3 is 6.18 Å². The van der Waals surface area contributed by atoms with Gasteiger partial charge in [0.2, 0.25) is 0 Å². The van der Waals surface area contributed by atoms with Crippen LogP contribution in [0.5, 0.6) is 0 Å². The van der Waals surface area contributed by atoms with Crippen LogP contribution in [0.3, 0.4) is 0 Å². The van der Waals surface area contributed by atoms with Gasteiger partial charge in [-0.3, -0.25) is 9.59 Å². The van der Waals surface area contributed by atoms with E-state index < -0.39 is 35.1 Å². The van der Waals surface area contributed by atoms with Gasteiger partial charge in [-0.25, -0.2) is 9.37 Å². The minimum Gasteiger partial charge on any atom is -0.344 e. The molecule has 1 heterocycles. The highest BCUT2D eigenvalue weighted by atomic mass is 19.4. The number of aromatic nitrogens is 2. The van der Waals surface area contributed by atoms with Crippen molar-refractivity contribution in [1.29, 1.82) is 0 Å². The van der Waals surface area contributed by atoms with E-state index >= 15 is 0 Å². The van der Waals surface area contributed by atoms with E-state index in [1.807, 2.05) is 0 Å². The lowest BCUT2D eigenvalue weighted by Crippen LogP contribution is -2.30. The summed E-state index contributed by atoms with van der Waals surface area (Å²) in [6.45, 7) is 1.70. The Morgan fingerprint density at radius 1 is 1.33 bits per heavy atom. The van der Waals surface area contributed by atoms with Crippen LogP contribution in [0, 0.1) is 5.82 Å². The van der Waals surface area contributed by atoms with Crippen LogP contribution in [0.25, 0.3) is 0 Å². The van der Waals surface area contributed by atoms with Crippen molar-refractivity contribution in [3.05, 3.63) is 63.1 Å². The number of alkyl halides is 3. The van der Waals surface area contributed by atoms with Crippen molar-refractivity contribution in [2.24, 2.45) is 0 Å². The lowest BCUT2D eigenvalue weighted by atomic mass is 10.0. The predicted octanol–water partition coefficient (Wildman–Crippen LogP) is 3.69. The molecule has 0 radical (unpaired) electrons. The molecular formula is C18H17F4N3O2. The summed E-state index contributed by atoms with van der Waals surface area (Å²) in [5.74, 6) is -1.47. The summed E-state index contributed by atoms with van der Waals surface area (Å²) in [6.07, 6.45) is -2.70. The predicted molar refractivity (Wildman–Crippen MR) is 88.7 cm³/mol. The average Bonchev–Trinajstić information content (AvgIpc) is 3.42. The standard InChI is InChI=1S/C18H17F4N3O2/c1-2-13(10-5-6-11(12(19)7-10)18(20,21)22)24-17(27)14-8-15(26)25-16(23-14)9-3-4-9/h5-9,13H,2-4H2,1H3,(H,24,27)(H,23,25,26)/t13-/m1/s1. The highest BCUT2D eigenvalue weighted by molar-refractivity contribution is 5.92. The van der Waals surface area contributed by atoms with E-state index in [0.29, 0.717) is 18.3 Å². The Morgan fingerprint density at radius 2 is 2.04 bits per heavy atom. The van der Waals surface area contributed by atoms with Gasteiger partial charge in [0.15, 0.2) is 0 Å². The maximum absolute atomic E-state index is 13.8. The van der Waals surface area contributed by atoms with Crippen LogP contribution in [-0.4, -0.2) is 15.9 Å². The number of amides is 1. The van der Waals surface area contributed by atoms with Gasteiger partial charge in [0.1, 0.15) is 17.3 Å². The molecule has 1 aliphatic rings. The zero-order chi connectivity index (χ0) is 19.8. The van der Waals surface area contributed by atoms with E-state index in [9.17, 15) is 27.2 Å². The van der Waals surface area contributed by atoms with Gasteiger partial charge in [-0.15, -0.1) is 0 Å². The lowest BCUT2D eigenvalue weighted by molar-refractivity contribution is -0.140. The van der Waals surface area contributed by atoms with Gasteiger partial charge in [-0.1, -0.05) is 13.0 Å². The summed E-state index contributed by atoms with van der Waals surface area (Å²) in [6, 6.07) is 2.87. The number of rotatable bonds is 5. The summed E-state index contributed by atoms with van der Waals surface area (Å²) < 4.78 is 51.9. The topological polar surface area (TPSA) is 74.8 Å². The largest absolute Gasteiger partial charge is 0.419 e. The molecule has 1 aliphatic carbocycles. The number of carbonyl (C=O) groups excluding carboxylic acids is 1. The third kappa shape index (κ3) is 4.35. The highest BCUT2D eigenvalue weighted by Crippen LogP contribution is 2.37. The molecule has 1 saturated carbocycles. The second-order valence-electron chi connectivity index (χ2n) is 6.46. The van der Waals surface area contributed by atoms with Crippen LogP contribution in [0.4, 0.5) is 17.6 Å². The van der Waals surface area contributed by atoms with Crippen LogP contribution in [-0.2, 0) is 6.18 Å². The Balaban J connectivity index is 1.82. The van der Waals surface area contributed by atoms with Gasteiger partial charge < -0.3 is 10.3 Å². The molecule has 144 valence electrons. The summed E-state index contributed by atoms with van der Waals surface area (Å²) in [5, 5.41) is 2.60. The van der Waals surface area contributed by atoms with Gasteiger partial charge in [0.25, 0.3) is 11.5 Å². The normalized spacial score (nSPS) is 15.4. The first-order valence-electron chi connectivity index (χ1n) is 8.47. The van der Waals surface area contributed by atoms with Crippen molar-refractivity contribution >= 4 is 5.91 Å². The van der Waals surface area contributed by atoms with Crippen LogP contribution < -0.4 is 10.9 Å². The van der Waals surface area contributed by atoms with Crippen molar-refractivity contribution in [1.82, 2.24) is 15.3 Å². The van der Waals surface area contributed by atoms with Gasteiger partial charge in [0.05, 0.1) is 11.6 Å². The second kappa shape index (κ2) is 7.13. The average molecular weight is 383 g/mol. The summed E-state index contributed by atoms with van der Waals surface area (Å²) >= 11 is 0. The molecular weight excluding hydrogens is 366 g/mol. The first-order chi connectivity index (χ1) is 12.7. The molecule has 2 N–H and O–H groups in total.